The minimum atomic E-state index is -3.55. The van der Waals surface area contributed by atoms with Gasteiger partial charge < -0.3 is 5.73 Å². The number of nitrogens with one attached hydrogen (secondary N) is 2. The van der Waals surface area contributed by atoms with Crippen molar-refractivity contribution < 1.29 is 8.42 Å². The fraction of sp³-hybridized carbons (Fsp3) is 0.727. The second-order valence-corrected chi connectivity index (χ2v) is 6.96. The summed E-state index contributed by atoms with van der Waals surface area (Å²) in [5, 5.41) is 6.51. The number of aromatic nitrogens is 2. The van der Waals surface area contributed by atoms with Crippen LogP contribution in [-0.4, -0.2) is 37.2 Å². The highest BCUT2D eigenvalue weighted by atomic mass is 32.2. The Labute approximate surface area is 119 Å². The molecule has 0 fully saturated rings. The molecule has 0 aliphatic rings. The zero-order chi connectivity index (χ0) is 14.3. The average molecular weight is 306 g/mol. The first-order valence-corrected chi connectivity index (χ1v) is 9.13. The standard InChI is InChI=1S/C11H22N4O2S2/c1-9-10(8-12)11(15-14-9)19(16,17)13-6-4-3-5-7-18-2/h13H,3-8,12H2,1-2H3,(H,14,15). The molecule has 1 heterocycles. The van der Waals surface area contributed by atoms with Gasteiger partial charge in [0.25, 0.3) is 10.0 Å². The van der Waals surface area contributed by atoms with Crippen LogP contribution in [0.15, 0.2) is 5.03 Å². The third-order valence-electron chi connectivity index (χ3n) is 2.81. The smallest absolute Gasteiger partial charge is 0.260 e. The van der Waals surface area contributed by atoms with Crippen molar-refractivity contribution in [1.29, 1.82) is 0 Å². The molecule has 6 nitrogen and oxygen atoms in total. The predicted octanol–water partition coefficient (Wildman–Crippen LogP) is 0.988. The predicted molar refractivity (Wildman–Crippen MR) is 78.6 cm³/mol. The number of hydrogen-bond acceptors (Lipinski definition) is 5. The molecular formula is C11H22N4O2S2. The van der Waals surface area contributed by atoms with E-state index in [0.29, 0.717) is 17.8 Å². The van der Waals surface area contributed by atoms with Crippen molar-refractivity contribution in [3.8, 4) is 0 Å². The van der Waals surface area contributed by atoms with Crippen LogP contribution >= 0.6 is 11.8 Å². The summed E-state index contributed by atoms with van der Waals surface area (Å²) in [7, 11) is -3.55. The van der Waals surface area contributed by atoms with E-state index in [4.69, 9.17) is 5.73 Å². The molecule has 1 rings (SSSR count). The van der Waals surface area contributed by atoms with Gasteiger partial charge in [0, 0.05) is 24.3 Å². The lowest BCUT2D eigenvalue weighted by atomic mass is 10.2. The van der Waals surface area contributed by atoms with E-state index < -0.39 is 10.0 Å². The Morgan fingerprint density at radius 1 is 1.37 bits per heavy atom. The van der Waals surface area contributed by atoms with Crippen molar-refractivity contribution in [3.63, 3.8) is 0 Å². The number of H-pyrrole nitrogens is 1. The quantitative estimate of drug-likeness (QED) is 0.591. The third-order valence-corrected chi connectivity index (χ3v) is 4.94. The Bertz CT molecular complexity index is 485. The highest BCUT2D eigenvalue weighted by molar-refractivity contribution is 7.98. The van der Waals surface area contributed by atoms with Crippen LogP contribution in [-0.2, 0) is 16.6 Å². The number of aryl methyl sites for hydroxylation is 1. The Kier molecular flexibility index (Phi) is 6.84. The van der Waals surface area contributed by atoms with Crippen LogP contribution in [0.3, 0.4) is 0 Å². The van der Waals surface area contributed by atoms with Gasteiger partial charge in [-0.3, -0.25) is 5.10 Å². The maximum atomic E-state index is 12.1. The normalized spacial score (nSPS) is 11.9. The van der Waals surface area contributed by atoms with E-state index in [-0.39, 0.29) is 11.6 Å². The first-order chi connectivity index (χ1) is 9.03. The Hall–Kier alpha value is -0.570. The van der Waals surface area contributed by atoms with E-state index in [9.17, 15) is 8.42 Å². The molecule has 0 aliphatic carbocycles. The van der Waals surface area contributed by atoms with Gasteiger partial charge in [0.15, 0.2) is 5.03 Å². The largest absolute Gasteiger partial charge is 0.326 e. The van der Waals surface area contributed by atoms with E-state index in [1.807, 2.05) is 0 Å². The molecule has 0 saturated carbocycles. The minimum Gasteiger partial charge on any atom is -0.326 e. The summed E-state index contributed by atoms with van der Waals surface area (Å²) in [4.78, 5) is 0. The van der Waals surface area contributed by atoms with Crippen LogP contribution < -0.4 is 10.5 Å². The molecule has 110 valence electrons. The first-order valence-electron chi connectivity index (χ1n) is 6.25. The van der Waals surface area contributed by atoms with Crippen molar-refractivity contribution >= 4 is 21.8 Å². The number of hydrogen-bond donors (Lipinski definition) is 3. The number of thioether (sulfide) groups is 1. The number of nitrogens with two attached hydrogens (primary N) is 1. The van der Waals surface area contributed by atoms with E-state index in [0.717, 1.165) is 25.0 Å². The van der Waals surface area contributed by atoms with E-state index >= 15 is 0 Å². The van der Waals surface area contributed by atoms with Gasteiger partial charge in [-0.15, -0.1) is 0 Å². The van der Waals surface area contributed by atoms with Gasteiger partial charge in [-0.25, -0.2) is 13.1 Å². The number of sulfonamides is 1. The molecule has 8 heteroatoms. The molecule has 0 spiro atoms. The third kappa shape index (κ3) is 4.79. The molecule has 1 aromatic heterocycles. The van der Waals surface area contributed by atoms with Crippen molar-refractivity contribution in [2.45, 2.75) is 37.8 Å². The van der Waals surface area contributed by atoms with Crippen LogP contribution in [0.5, 0.6) is 0 Å². The lowest BCUT2D eigenvalue weighted by Crippen LogP contribution is -2.26. The van der Waals surface area contributed by atoms with Crippen molar-refractivity contribution in [1.82, 2.24) is 14.9 Å². The highest BCUT2D eigenvalue weighted by Gasteiger charge is 2.22. The summed E-state index contributed by atoms with van der Waals surface area (Å²) >= 11 is 1.80. The van der Waals surface area contributed by atoms with E-state index in [1.54, 1.807) is 18.7 Å². The van der Waals surface area contributed by atoms with Crippen LogP contribution in [0.25, 0.3) is 0 Å². The van der Waals surface area contributed by atoms with E-state index in [2.05, 4.69) is 21.2 Å². The highest BCUT2D eigenvalue weighted by Crippen LogP contribution is 2.15. The second-order valence-electron chi connectivity index (χ2n) is 4.29. The fourth-order valence-corrected chi connectivity index (χ4v) is 3.48. The summed E-state index contributed by atoms with van der Waals surface area (Å²) in [6.45, 7) is 2.36. The zero-order valence-electron chi connectivity index (χ0n) is 11.4. The van der Waals surface area contributed by atoms with Gasteiger partial charge in [0.2, 0.25) is 0 Å². The van der Waals surface area contributed by atoms with Gasteiger partial charge >= 0.3 is 0 Å². The van der Waals surface area contributed by atoms with Crippen LogP contribution in [0.2, 0.25) is 0 Å². The maximum Gasteiger partial charge on any atom is 0.260 e. The van der Waals surface area contributed by atoms with Gasteiger partial charge in [-0.05, 0) is 31.8 Å². The molecule has 0 bridgehead atoms. The summed E-state index contributed by atoms with van der Waals surface area (Å²) in [5.74, 6) is 1.11. The second kappa shape index (κ2) is 7.88. The maximum absolute atomic E-state index is 12.1. The molecule has 0 radical (unpaired) electrons. The summed E-state index contributed by atoms with van der Waals surface area (Å²) in [6, 6.07) is 0. The number of unbranched alkanes of at least 4 members (excludes halogenated alkanes) is 2. The molecular weight excluding hydrogens is 284 g/mol. The Balaban J connectivity index is 2.52. The van der Waals surface area contributed by atoms with Crippen molar-refractivity contribution in [2.24, 2.45) is 5.73 Å². The zero-order valence-corrected chi connectivity index (χ0v) is 13.0. The van der Waals surface area contributed by atoms with E-state index in [1.165, 1.54) is 0 Å². The van der Waals surface area contributed by atoms with Gasteiger partial charge in [0.1, 0.15) is 0 Å². The van der Waals surface area contributed by atoms with Crippen molar-refractivity contribution in [3.05, 3.63) is 11.3 Å². The molecule has 0 unspecified atom stereocenters. The Morgan fingerprint density at radius 3 is 2.74 bits per heavy atom. The molecule has 0 aliphatic heterocycles. The monoisotopic (exact) mass is 306 g/mol. The number of nitrogens with zero attached hydrogens (tertiary/aromatic N) is 1. The lowest BCUT2D eigenvalue weighted by molar-refractivity contribution is 0.570. The molecule has 0 aromatic carbocycles. The molecule has 0 saturated heterocycles. The topological polar surface area (TPSA) is 101 Å². The van der Waals surface area contributed by atoms with Gasteiger partial charge in [-0.1, -0.05) is 6.42 Å². The molecule has 19 heavy (non-hydrogen) atoms. The molecule has 0 atom stereocenters. The summed E-state index contributed by atoms with van der Waals surface area (Å²) in [6.07, 6.45) is 5.03. The van der Waals surface area contributed by atoms with Crippen LogP contribution in [0.1, 0.15) is 30.5 Å². The fourth-order valence-electron chi connectivity index (χ4n) is 1.72. The number of aromatic amines is 1. The summed E-state index contributed by atoms with van der Waals surface area (Å²) < 4.78 is 26.7. The first kappa shape index (κ1) is 16.5. The van der Waals surface area contributed by atoms with Crippen molar-refractivity contribution in [2.75, 3.05) is 18.6 Å². The minimum absolute atomic E-state index is 0.0246. The van der Waals surface area contributed by atoms with Crippen LogP contribution in [0, 0.1) is 6.92 Å². The lowest BCUT2D eigenvalue weighted by Gasteiger charge is -2.06. The molecule has 1 aromatic rings. The van der Waals surface area contributed by atoms with Crippen LogP contribution in [0.4, 0.5) is 0 Å². The SMILES string of the molecule is CSCCCCCNS(=O)(=O)c1n[nH]c(C)c1CN. The average Bonchev–Trinajstić information content (AvgIpc) is 2.75. The molecule has 0 amide bonds. The molecule has 4 N–H and O–H groups in total. The van der Waals surface area contributed by atoms with Gasteiger partial charge in [0.05, 0.1) is 0 Å². The van der Waals surface area contributed by atoms with Gasteiger partial charge in [-0.2, -0.15) is 16.9 Å². The summed E-state index contributed by atoms with van der Waals surface area (Å²) in [5.41, 5.74) is 6.80. The number of rotatable bonds is 9. The Morgan fingerprint density at radius 2 is 2.11 bits per heavy atom.